The molecule has 1 aromatic heterocycles. The summed E-state index contributed by atoms with van der Waals surface area (Å²) in [5, 5.41) is 39.9. The minimum atomic E-state index is -1.19. The lowest BCUT2D eigenvalue weighted by Gasteiger charge is -2.20. The summed E-state index contributed by atoms with van der Waals surface area (Å²) < 4.78 is 0. The van der Waals surface area contributed by atoms with Crippen LogP contribution in [-0.4, -0.2) is 50.6 Å². The molecule has 2 aromatic carbocycles. The van der Waals surface area contributed by atoms with Crippen molar-refractivity contribution in [3.05, 3.63) is 75.6 Å². The predicted molar refractivity (Wildman–Crippen MR) is 128 cm³/mol. The van der Waals surface area contributed by atoms with Crippen molar-refractivity contribution in [3.8, 4) is 5.75 Å². The average Bonchev–Trinajstić information content (AvgIpc) is 3.01. The number of rotatable bonds is 5. The van der Waals surface area contributed by atoms with Crippen LogP contribution in [0.4, 0.5) is 0 Å². The van der Waals surface area contributed by atoms with Crippen LogP contribution in [0.15, 0.2) is 53.3 Å². The van der Waals surface area contributed by atoms with E-state index in [0.29, 0.717) is 29.1 Å². The number of phenolic OH excluding ortho intramolecular Hbond substituents is 1. The van der Waals surface area contributed by atoms with E-state index in [0.717, 1.165) is 25.7 Å². The van der Waals surface area contributed by atoms with Crippen molar-refractivity contribution >= 4 is 29.3 Å². The molecule has 9 heteroatoms. The first kappa shape index (κ1) is 26.3. The average molecular weight is 477 g/mol. The summed E-state index contributed by atoms with van der Waals surface area (Å²) in [7, 11) is 0. The minimum Gasteiger partial charge on any atom is -0.506 e. The van der Waals surface area contributed by atoms with Gasteiger partial charge in [0.2, 0.25) is 5.56 Å². The molecule has 0 unspecified atom stereocenters. The van der Waals surface area contributed by atoms with E-state index in [-0.39, 0.29) is 23.7 Å². The third-order valence-corrected chi connectivity index (χ3v) is 5.64. The Bertz CT molecular complexity index is 1110. The van der Waals surface area contributed by atoms with Crippen LogP contribution < -0.4 is 10.9 Å². The molecule has 0 aliphatic heterocycles. The summed E-state index contributed by atoms with van der Waals surface area (Å²) >= 11 is 0. The molecule has 0 fully saturated rings. The highest BCUT2D eigenvalue weighted by atomic mass is 35.5. The van der Waals surface area contributed by atoms with Gasteiger partial charge in [-0.05, 0) is 54.5 Å². The maximum Gasteiger partial charge on any atom is 0.329 e. The number of benzene rings is 2. The van der Waals surface area contributed by atoms with Crippen molar-refractivity contribution in [2.24, 2.45) is 0 Å². The zero-order chi connectivity index (χ0) is 23.1. The van der Waals surface area contributed by atoms with Crippen LogP contribution in [0.1, 0.15) is 35.6 Å². The number of aromatic amines is 1. The molecule has 3 aromatic rings. The molecule has 1 heterocycles. The summed E-state index contributed by atoms with van der Waals surface area (Å²) in [5.74, 6) is -1.18. The Morgan fingerprint density at radius 2 is 1.67 bits per heavy atom. The number of carbonyl (C=O) groups is 1. The fourth-order valence-electron chi connectivity index (χ4n) is 3.99. The molecule has 1 aliphatic rings. The number of halogens is 1. The van der Waals surface area contributed by atoms with E-state index in [1.165, 1.54) is 23.3 Å². The van der Waals surface area contributed by atoms with Crippen LogP contribution in [0.25, 0.3) is 10.9 Å². The van der Waals surface area contributed by atoms with Crippen molar-refractivity contribution in [2.75, 3.05) is 13.2 Å². The standard InChI is InChI=1S/C22H24N2O3.C2H4O3.ClH/c25-19-11-9-17(18-10-12-21(27)24-22(18)19)20(26)13-23-16-7-5-14-3-1-2-4-15(14)6-8-16;3-1-2(4)5;/h1-4,9-12,16,20,23,25-26H,5-8,13H2,(H,24,27);3H,1H2,(H,4,5);1H/t20-;;/m0../s1. The number of aryl methyl sites for hydroxylation is 2. The van der Waals surface area contributed by atoms with Crippen molar-refractivity contribution < 1.29 is 25.2 Å². The van der Waals surface area contributed by atoms with Gasteiger partial charge in [-0.2, -0.15) is 0 Å². The number of hydrogen-bond donors (Lipinski definition) is 6. The van der Waals surface area contributed by atoms with Crippen LogP contribution in [0.5, 0.6) is 5.75 Å². The second kappa shape index (κ2) is 12.4. The molecule has 178 valence electrons. The molecule has 8 nitrogen and oxygen atoms in total. The molecule has 0 radical (unpaired) electrons. The van der Waals surface area contributed by atoms with E-state index < -0.39 is 18.7 Å². The van der Waals surface area contributed by atoms with Crippen molar-refractivity contribution in [3.63, 3.8) is 0 Å². The molecular formula is C24H29ClN2O6. The summed E-state index contributed by atoms with van der Waals surface area (Å²) in [6.45, 7) is -0.347. The quantitative estimate of drug-likeness (QED) is 0.310. The lowest BCUT2D eigenvalue weighted by molar-refractivity contribution is -0.140. The summed E-state index contributed by atoms with van der Waals surface area (Å²) in [5.41, 5.74) is 3.64. The maximum absolute atomic E-state index is 11.5. The van der Waals surface area contributed by atoms with E-state index in [4.69, 9.17) is 15.0 Å². The highest BCUT2D eigenvalue weighted by molar-refractivity contribution is 5.87. The molecule has 1 atom stereocenters. The Morgan fingerprint density at radius 1 is 1.06 bits per heavy atom. The molecular weight excluding hydrogens is 448 g/mol. The molecule has 0 spiro atoms. The summed E-state index contributed by atoms with van der Waals surface area (Å²) in [4.78, 5) is 23.3. The number of H-pyrrole nitrogens is 1. The van der Waals surface area contributed by atoms with Crippen LogP contribution in [0.2, 0.25) is 0 Å². The SMILES string of the molecule is Cl.O=C(O)CO.O=c1ccc2c([C@@H](O)CNC3CCc4ccccc4CC3)ccc(O)c2[nH]1. The Morgan fingerprint density at radius 3 is 2.24 bits per heavy atom. The number of aromatic nitrogens is 1. The number of carboxylic acids is 1. The molecule has 0 saturated carbocycles. The van der Waals surface area contributed by atoms with E-state index in [1.807, 2.05) is 0 Å². The Balaban J connectivity index is 0.000000583. The third-order valence-electron chi connectivity index (χ3n) is 5.64. The number of hydrogen-bond acceptors (Lipinski definition) is 6. The second-order valence-corrected chi connectivity index (χ2v) is 7.80. The van der Waals surface area contributed by atoms with Gasteiger partial charge in [-0.3, -0.25) is 4.79 Å². The van der Waals surface area contributed by atoms with Crippen LogP contribution >= 0.6 is 12.4 Å². The van der Waals surface area contributed by atoms with E-state index in [9.17, 15) is 15.0 Å². The zero-order valence-corrected chi connectivity index (χ0v) is 18.8. The van der Waals surface area contributed by atoms with E-state index in [1.54, 1.807) is 12.1 Å². The number of fused-ring (bicyclic) bond motifs is 2. The monoisotopic (exact) mass is 476 g/mol. The molecule has 4 rings (SSSR count). The van der Waals surface area contributed by atoms with Gasteiger partial charge < -0.3 is 30.7 Å². The fourth-order valence-corrected chi connectivity index (χ4v) is 3.99. The van der Waals surface area contributed by atoms with E-state index >= 15 is 0 Å². The summed E-state index contributed by atoms with van der Waals surface area (Å²) in [6.07, 6.45) is 3.48. The van der Waals surface area contributed by atoms with Gasteiger partial charge in [-0.15, -0.1) is 12.4 Å². The number of aliphatic carboxylic acids is 1. The fraction of sp³-hybridized carbons (Fsp3) is 0.333. The first-order valence-corrected chi connectivity index (χ1v) is 10.5. The number of pyridine rings is 1. The Kier molecular flexibility index (Phi) is 9.87. The molecule has 0 bridgehead atoms. The van der Waals surface area contributed by atoms with Gasteiger partial charge in [0.1, 0.15) is 12.4 Å². The van der Waals surface area contributed by atoms with Crippen LogP contribution in [-0.2, 0) is 17.6 Å². The van der Waals surface area contributed by atoms with Gasteiger partial charge in [0, 0.05) is 24.0 Å². The number of nitrogens with one attached hydrogen (secondary N) is 2. The highest BCUT2D eigenvalue weighted by Gasteiger charge is 2.18. The van der Waals surface area contributed by atoms with E-state index in [2.05, 4.69) is 34.6 Å². The number of carboxylic acid groups (broad SMARTS) is 1. The van der Waals surface area contributed by atoms with Gasteiger partial charge in [-0.1, -0.05) is 30.3 Å². The lowest BCUT2D eigenvalue weighted by Crippen LogP contribution is -2.33. The largest absolute Gasteiger partial charge is 0.506 e. The van der Waals surface area contributed by atoms with Crippen LogP contribution in [0.3, 0.4) is 0 Å². The maximum atomic E-state index is 11.5. The molecule has 0 saturated heterocycles. The van der Waals surface area contributed by atoms with Gasteiger partial charge >= 0.3 is 5.97 Å². The molecule has 33 heavy (non-hydrogen) atoms. The lowest BCUT2D eigenvalue weighted by atomic mass is 10.0. The van der Waals surface area contributed by atoms with Gasteiger partial charge in [0.15, 0.2) is 0 Å². The smallest absolute Gasteiger partial charge is 0.329 e. The number of phenols is 1. The molecule has 0 amide bonds. The van der Waals surface area contributed by atoms with Crippen molar-refractivity contribution in [1.82, 2.24) is 10.3 Å². The van der Waals surface area contributed by atoms with Gasteiger partial charge in [0.05, 0.1) is 11.6 Å². The number of aliphatic hydroxyl groups excluding tert-OH is 2. The van der Waals surface area contributed by atoms with Crippen LogP contribution in [0, 0.1) is 0 Å². The number of aliphatic hydroxyl groups is 2. The number of aromatic hydroxyl groups is 1. The third kappa shape index (κ3) is 7.03. The normalized spacial score (nSPS) is 14.2. The van der Waals surface area contributed by atoms with Gasteiger partial charge in [-0.25, -0.2) is 4.79 Å². The second-order valence-electron chi connectivity index (χ2n) is 7.80. The Labute approximate surface area is 197 Å². The van der Waals surface area contributed by atoms with Crippen molar-refractivity contribution in [2.45, 2.75) is 37.8 Å². The Hall–Kier alpha value is -2.91. The summed E-state index contributed by atoms with van der Waals surface area (Å²) in [6, 6.07) is 15.2. The zero-order valence-electron chi connectivity index (χ0n) is 18.0. The molecule has 6 N–H and O–H groups in total. The highest BCUT2D eigenvalue weighted by Crippen LogP contribution is 2.29. The van der Waals surface area contributed by atoms with Gasteiger partial charge in [0.25, 0.3) is 0 Å². The predicted octanol–water partition coefficient (Wildman–Crippen LogP) is 2.29. The first-order valence-electron chi connectivity index (χ1n) is 10.5. The topological polar surface area (TPSA) is 143 Å². The molecule has 1 aliphatic carbocycles. The first-order chi connectivity index (χ1) is 15.4. The minimum absolute atomic E-state index is 0. The van der Waals surface area contributed by atoms with Crippen molar-refractivity contribution in [1.29, 1.82) is 0 Å².